The number of aliphatic hydroxyl groups is 1. The van der Waals surface area contributed by atoms with Gasteiger partial charge in [0.1, 0.15) is 0 Å². The van der Waals surface area contributed by atoms with Crippen LogP contribution in [0.3, 0.4) is 0 Å². The Hall–Kier alpha value is -0.0400. The van der Waals surface area contributed by atoms with Crippen molar-refractivity contribution in [2.24, 2.45) is 5.41 Å². The first-order valence-corrected chi connectivity index (χ1v) is 5.16. The van der Waals surface area contributed by atoms with Crippen molar-refractivity contribution in [3.63, 3.8) is 0 Å². The van der Waals surface area contributed by atoms with Gasteiger partial charge < -0.3 is 5.11 Å². The highest BCUT2D eigenvalue weighted by molar-refractivity contribution is 4.90. The molecule has 0 aliphatic heterocycles. The fraction of sp³-hybridized carbons (Fsp3) is 1.00. The summed E-state index contributed by atoms with van der Waals surface area (Å²) in [5, 5.41) is 10.2. The summed E-state index contributed by atoms with van der Waals surface area (Å²) in [6.07, 6.45) is 4.07. The van der Waals surface area contributed by atoms with Crippen LogP contribution in [0, 0.1) is 5.41 Å². The molecular formula is C11H24O. The molecule has 0 radical (unpaired) electrons. The lowest BCUT2D eigenvalue weighted by Gasteiger charge is -2.42. The van der Waals surface area contributed by atoms with E-state index in [9.17, 15) is 5.11 Å². The zero-order chi connectivity index (χ0) is 9.83. The van der Waals surface area contributed by atoms with Crippen molar-refractivity contribution < 1.29 is 5.11 Å². The minimum absolute atomic E-state index is 0.0863. The van der Waals surface area contributed by atoms with Crippen LogP contribution in [0.2, 0.25) is 0 Å². The van der Waals surface area contributed by atoms with E-state index in [0.29, 0.717) is 0 Å². The van der Waals surface area contributed by atoms with Crippen LogP contribution in [0.15, 0.2) is 0 Å². The summed E-state index contributed by atoms with van der Waals surface area (Å²) in [6.45, 7) is 10.6. The third-order valence-corrected chi connectivity index (χ3v) is 3.60. The lowest BCUT2D eigenvalue weighted by atomic mass is 9.68. The molecular weight excluding hydrogens is 148 g/mol. The van der Waals surface area contributed by atoms with Crippen LogP contribution in [0.1, 0.15) is 60.3 Å². The maximum absolute atomic E-state index is 10.2. The van der Waals surface area contributed by atoms with E-state index in [1.807, 2.05) is 6.92 Å². The Labute approximate surface area is 77.2 Å². The second-order valence-electron chi connectivity index (χ2n) is 4.29. The zero-order valence-corrected chi connectivity index (χ0v) is 9.28. The van der Waals surface area contributed by atoms with Crippen LogP contribution >= 0.6 is 0 Å². The number of rotatable bonds is 5. The van der Waals surface area contributed by atoms with E-state index in [1.165, 1.54) is 0 Å². The lowest BCUT2D eigenvalue weighted by molar-refractivity contribution is -0.0723. The van der Waals surface area contributed by atoms with Crippen LogP contribution in [0.25, 0.3) is 0 Å². The van der Waals surface area contributed by atoms with Crippen molar-refractivity contribution in [1.29, 1.82) is 0 Å². The molecule has 0 heterocycles. The molecule has 0 aromatic heterocycles. The van der Waals surface area contributed by atoms with Gasteiger partial charge in [-0.3, -0.25) is 0 Å². The summed E-state index contributed by atoms with van der Waals surface area (Å²) in [6, 6.07) is 0. The summed E-state index contributed by atoms with van der Waals surface area (Å²) < 4.78 is 0. The quantitative estimate of drug-likeness (QED) is 0.674. The fourth-order valence-electron chi connectivity index (χ4n) is 1.80. The highest BCUT2D eigenvalue weighted by Crippen LogP contribution is 2.40. The van der Waals surface area contributed by atoms with Crippen molar-refractivity contribution in [1.82, 2.24) is 0 Å². The minimum Gasteiger partial charge on any atom is -0.390 e. The first kappa shape index (κ1) is 12.0. The van der Waals surface area contributed by atoms with Gasteiger partial charge in [-0.1, -0.05) is 34.1 Å². The van der Waals surface area contributed by atoms with E-state index in [2.05, 4.69) is 27.7 Å². The molecule has 0 rings (SSSR count). The predicted molar refractivity (Wildman–Crippen MR) is 54.2 cm³/mol. The summed E-state index contributed by atoms with van der Waals surface area (Å²) in [5.74, 6) is 0. The maximum atomic E-state index is 10.2. The Morgan fingerprint density at radius 2 is 1.42 bits per heavy atom. The number of hydrogen-bond acceptors (Lipinski definition) is 1. The van der Waals surface area contributed by atoms with Crippen LogP contribution in [-0.2, 0) is 0 Å². The Kier molecular flexibility index (Phi) is 4.25. The van der Waals surface area contributed by atoms with Gasteiger partial charge >= 0.3 is 0 Å². The smallest absolute Gasteiger partial charge is 0.0672 e. The summed E-state index contributed by atoms with van der Waals surface area (Å²) in [5.41, 5.74) is -0.408. The molecule has 1 heteroatoms. The van der Waals surface area contributed by atoms with Crippen molar-refractivity contribution >= 4 is 0 Å². The highest BCUT2D eigenvalue weighted by Gasteiger charge is 2.39. The van der Waals surface area contributed by atoms with Crippen LogP contribution in [-0.4, -0.2) is 10.7 Å². The zero-order valence-electron chi connectivity index (χ0n) is 9.28. The minimum atomic E-state index is -0.495. The molecule has 0 aromatic rings. The highest BCUT2D eigenvalue weighted by atomic mass is 16.3. The van der Waals surface area contributed by atoms with Crippen molar-refractivity contribution in [3.05, 3.63) is 0 Å². The van der Waals surface area contributed by atoms with Gasteiger partial charge in [0.15, 0.2) is 0 Å². The third-order valence-electron chi connectivity index (χ3n) is 3.60. The number of hydrogen-bond donors (Lipinski definition) is 1. The molecule has 0 saturated carbocycles. The monoisotopic (exact) mass is 172 g/mol. The molecule has 0 aromatic carbocycles. The molecule has 74 valence electrons. The van der Waals surface area contributed by atoms with E-state index < -0.39 is 5.60 Å². The van der Waals surface area contributed by atoms with E-state index in [0.717, 1.165) is 25.7 Å². The lowest BCUT2D eigenvalue weighted by Crippen LogP contribution is -2.43. The van der Waals surface area contributed by atoms with Gasteiger partial charge in [-0.25, -0.2) is 0 Å². The van der Waals surface area contributed by atoms with Gasteiger partial charge in [-0.15, -0.1) is 0 Å². The molecule has 0 saturated heterocycles. The van der Waals surface area contributed by atoms with Gasteiger partial charge in [-0.2, -0.15) is 0 Å². The molecule has 12 heavy (non-hydrogen) atoms. The van der Waals surface area contributed by atoms with Gasteiger partial charge in [0.05, 0.1) is 5.60 Å². The second kappa shape index (κ2) is 4.27. The van der Waals surface area contributed by atoms with Crippen LogP contribution in [0.4, 0.5) is 0 Å². The summed E-state index contributed by atoms with van der Waals surface area (Å²) in [7, 11) is 0. The Morgan fingerprint density at radius 3 is 1.67 bits per heavy atom. The third kappa shape index (κ3) is 2.22. The van der Waals surface area contributed by atoms with Crippen LogP contribution < -0.4 is 0 Å². The Bertz CT molecular complexity index is 123. The first-order chi connectivity index (χ1) is 5.43. The van der Waals surface area contributed by atoms with Crippen molar-refractivity contribution in [2.75, 3.05) is 0 Å². The summed E-state index contributed by atoms with van der Waals surface area (Å²) >= 11 is 0. The van der Waals surface area contributed by atoms with E-state index >= 15 is 0 Å². The van der Waals surface area contributed by atoms with Crippen molar-refractivity contribution in [3.8, 4) is 0 Å². The van der Waals surface area contributed by atoms with E-state index in [4.69, 9.17) is 0 Å². The first-order valence-electron chi connectivity index (χ1n) is 5.16. The SMILES string of the molecule is CCCC(C)(O)C(C)(CC)CC. The second-order valence-corrected chi connectivity index (χ2v) is 4.29. The van der Waals surface area contributed by atoms with Gasteiger partial charge in [0, 0.05) is 0 Å². The molecule has 1 nitrogen and oxygen atoms in total. The molecule has 0 aliphatic rings. The van der Waals surface area contributed by atoms with Crippen LogP contribution in [0.5, 0.6) is 0 Å². The molecule has 0 amide bonds. The molecule has 1 atom stereocenters. The molecule has 1 unspecified atom stereocenters. The fourth-order valence-corrected chi connectivity index (χ4v) is 1.80. The molecule has 1 N–H and O–H groups in total. The maximum Gasteiger partial charge on any atom is 0.0672 e. The molecule has 0 spiro atoms. The van der Waals surface area contributed by atoms with E-state index in [1.54, 1.807) is 0 Å². The normalized spacial score (nSPS) is 17.5. The Morgan fingerprint density at radius 1 is 1.00 bits per heavy atom. The largest absolute Gasteiger partial charge is 0.390 e. The standard InChI is InChI=1S/C11H24O/c1-6-9-11(5,12)10(4,7-2)8-3/h12H,6-9H2,1-5H3. The van der Waals surface area contributed by atoms with Gasteiger partial charge in [-0.05, 0) is 31.6 Å². The topological polar surface area (TPSA) is 20.2 Å². The Balaban J connectivity index is 4.46. The van der Waals surface area contributed by atoms with Gasteiger partial charge in [0.2, 0.25) is 0 Å². The molecule has 0 fully saturated rings. The molecule has 0 aliphatic carbocycles. The van der Waals surface area contributed by atoms with Crippen molar-refractivity contribution in [2.45, 2.75) is 65.9 Å². The average Bonchev–Trinajstić information content (AvgIpc) is 2.02. The predicted octanol–water partition coefficient (Wildman–Crippen LogP) is 3.36. The molecule has 0 bridgehead atoms. The van der Waals surface area contributed by atoms with Gasteiger partial charge in [0.25, 0.3) is 0 Å². The summed E-state index contributed by atoms with van der Waals surface area (Å²) in [4.78, 5) is 0. The van der Waals surface area contributed by atoms with E-state index in [-0.39, 0.29) is 5.41 Å². The average molecular weight is 172 g/mol.